The van der Waals surface area contributed by atoms with Crippen LogP contribution in [0.1, 0.15) is 18.9 Å². The van der Waals surface area contributed by atoms with Gasteiger partial charge in [0.25, 0.3) is 10.1 Å². The molecule has 1 aromatic heterocycles. The third kappa shape index (κ3) is 4.26. The second-order valence-corrected chi connectivity index (χ2v) is 4.83. The van der Waals surface area contributed by atoms with Crippen LogP contribution < -0.4 is 0 Å². The fourth-order valence-corrected chi connectivity index (χ4v) is 1.92. The summed E-state index contributed by atoms with van der Waals surface area (Å²) in [7, 11) is -3.90. The maximum Gasteiger partial charge on any atom is 0.264 e. The van der Waals surface area contributed by atoms with Crippen molar-refractivity contribution in [3.05, 3.63) is 31.4 Å². The summed E-state index contributed by atoms with van der Waals surface area (Å²) in [4.78, 5) is 3.89. The van der Waals surface area contributed by atoms with E-state index in [1.807, 2.05) is 4.57 Å². The van der Waals surface area contributed by atoms with Crippen LogP contribution in [-0.2, 0) is 10.1 Å². The molecule has 0 aliphatic carbocycles. The topological polar surface area (TPSA) is 72.2 Å². The van der Waals surface area contributed by atoms with Crippen LogP contribution in [0.3, 0.4) is 0 Å². The number of aromatic nitrogens is 2. The van der Waals surface area contributed by atoms with E-state index in [0.717, 1.165) is 0 Å². The van der Waals surface area contributed by atoms with Gasteiger partial charge in [0, 0.05) is 18.4 Å². The predicted molar refractivity (Wildman–Crippen MR) is 57.1 cm³/mol. The van der Waals surface area contributed by atoms with E-state index in [2.05, 4.69) is 11.6 Å². The Morgan fingerprint density at radius 3 is 2.80 bits per heavy atom. The zero-order chi connectivity index (χ0) is 11.3. The Labute approximate surface area is 89.2 Å². The number of allylic oxidation sites excluding steroid dienone is 1. The number of hydrogen-bond acceptors (Lipinski definition) is 3. The molecule has 0 bridgehead atoms. The first-order valence-electron chi connectivity index (χ1n) is 4.56. The van der Waals surface area contributed by atoms with Gasteiger partial charge in [0.1, 0.15) is 0 Å². The molecular formula is C9H14N2O3S. The van der Waals surface area contributed by atoms with Crippen LogP contribution in [0.15, 0.2) is 31.4 Å². The Bertz CT molecular complexity index is 397. The average Bonchev–Trinajstić information content (AvgIpc) is 2.63. The van der Waals surface area contributed by atoms with Gasteiger partial charge in [-0.3, -0.25) is 4.55 Å². The van der Waals surface area contributed by atoms with Crippen molar-refractivity contribution in [2.45, 2.75) is 18.9 Å². The highest BCUT2D eigenvalue weighted by Gasteiger charge is 2.13. The number of imidazole rings is 1. The molecule has 6 heteroatoms. The molecule has 0 spiro atoms. The monoisotopic (exact) mass is 230 g/mol. The van der Waals surface area contributed by atoms with Crippen LogP contribution >= 0.6 is 0 Å². The van der Waals surface area contributed by atoms with Gasteiger partial charge in [-0.15, -0.1) is 6.58 Å². The predicted octanol–water partition coefficient (Wildman–Crippen LogP) is 1.28. The summed E-state index contributed by atoms with van der Waals surface area (Å²) in [6, 6.07) is -0.0214. The van der Waals surface area contributed by atoms with Crippen LogP contribution in [0.4, 0.5) is 0 Å². The van der Waals surface area contributed by atoms with E-state index in [1.165, 1.54) is 0 Å². The summed E-state index contributed by atoms with van der Waals surface area (Å²) in [5.74, 6) is -0.246. The number of nitrogens with zero attached hydrogens (tertiary/aromatic N) is 2. The van der Waals surface area contributed by atoms with Gasteiger partial charge in [0.05, 0.1) is 12.1 Å². The minimum atomic E-state index is -3.90. The lowest BCUT2D eigenvalue weighted by Crippen LogP contribution is -2.13. The van der Waals surface area contributed by atoms with Crippen molar-refractivity contribution in [1.82, 2.24) is 9.55 Å². The standard InChI is InChI=1S/C9H14N2O3S/c1-2-3-9(4-7-15(12,13)14)11-6-5-10-8-11/h2,5-6,8-9H,1,3-4,7H2,(H,12,13,14). The fourth-order valence-electron chi connectivity index (χ4n) is 1.35. The van der Waals surface area contributed by atoms with E-state index in [9.17, 15) is 8.42 Å². The van der Waals surface area contributed by atoms with Gasteiger partial charge in [-0.25, -0.2) is 4.98 Å². The molecule has 0 amide bonds. The van der Waals surface area contributed by atoms with Crippen molar-refractivity contribution in [3.8, 4) is 0 Å². The first-order valence-corrected chi connectivity index (χ1v) is 6.17. The minimum Gasteiger partial charge on any atom is -0.334 e. The second-order valence-electron chi connectivity index (χ2n) is 3.26. The molecule has 0 aromatic carbocycles. The SMILES string of the molecule is C=CCC(CCS(=O)(=O)O)n1ccnc1. The maximum absolute atomic E-state index is 10.6. The Morgan fingerprint density at radius 1 is 1.60 bits per heavy atom. The largest absolute Gasteiger partial charge is 0.334 e. The normalized spacial score (nSPS) is 13.7. The molecule has 1 atom stereocenters. The van der Waals surface area contributed by atoms with E-state index in [0.29, 0.717) is 12.8 Å². The van der Waals surface area contributed by atoms with Crippen LogP contribution in [-0.4, -0.2) is 28.3 Å². The summed E-state index contributed by atoms with van der Waals surface area (Å²) >= 11 is 0. The number of rotatable bonds is 6. The summed E-state index contributed by atoms with van der Waals surface area (Å²) in [5, 5.41) is 0. The van der Waals surface area contributed by atoms with Gasteiger partial charge in [0.15, 0.2) is 0 Å². The van der Waals surface area contributed by atoms with E-state index in [-0.39, 0.29) is 11.8 Å². The molecule has 0 radical (unpaired) electrons. The molecule has 0 aliphatic rings. The van der Waals surface area contributed by atoms with Crippen molar-refractivity contribution >= 4 is 10.1 Å². The molecular weight excluding hydrogens is 216 g/mol. The van der Waals surface area contributed by atoms with E-state index in [1.54, 1.807) is 24.8 Å². The first-order chi connectivity index (χ1) is 7.03. The molecule has 15 heavy (non-hydrogen) atoms. The summed E-state index contributed by atoms with van der Waals surface area (Å²) < 4.78 is 31.7. The number of hydrogen-bond donors (Lipinski definition) is 1. The molecule has 1 N–H and O–H groups in total. The van der Waals surface area contributed by atoms with Crippen LogP contribution in [0.2, 0.25) is 0 Å². The molecule has 0 fully saturated rings. The van der Waals surface area contributed by atoms with Gasteiger partial charge in [-0.1, -0.05) is 6.08 Å². The van der Waals surface area contributed by atoms with Crippen LogP contribution in [0, 0.1) is 0 Å². The van der Waals surface area contributed by atoms with E-state index in [4.69, 9.17) is 4.55 Å². The van der Waals surface area contributed by atoms with Gasteiger partial charge in [-0.2, -0.15) is 8.42 Å². The van der Waals surface area contributed by atoms with Crippen molar-refractivity contribution in [2.24, 2.45) is 0 Å². The Morgan fingerprint density at radius 2 is 2.33 bits per heavy atom. The summed E-state index contributed by atoms with van der Waals surface area (Å²) in [6.07, 6.45) is 7.72. The Hall–Kier alpha value is -1.14. The lowest BCUT2D eigenvalue weighted by Gasteiger charge is -2.15. The van der Waals surface area contributed by atoms with Crippen molar-refractivity contribution < 1.29 is 13.0 Å². The third-order valence-electron chi connectivity index (χ3n) is 2.09. The van der Waals surface area contributed by atoms with Crippen LogP contribution in [0.5, 0.6) is 0 Å². The highest BCUT2D eigenvalue weighted by Crippen LogP contribution is 2.16. The van der Waals surface area contributed by atoms with Crippen LogP contribution in [0.25, 0.3) is 0 Å². The van der Waals surface area contributed by atoms with Crippen molar-refractivity contribution in [2.75, 3.05) is 5.75 Å². The molecule has 0 saturated heterocycles. The lowest BCUT2D eigenvalue weighted by atomic mass is 10.1. The average molecular weight is 230 g/mol. The molecule has 1 rings (SSSR count). The van der Waals surface area contributed by atoms with Gasteiger partial charge in [-0.05, 0) is 12.8 Å². The van der Waals surface area contributed by atoms with E-state index >= 15 is 0 Å². The molecule has 5 nitrogen and oxygen atoms in total. The van der Waals surface area contributed by atoms with Crippen molar-refractivity contribution in [1.29, 1.82) is 0 Å². The Kier molecular flexibility index (Phi) is 4.05. The van der Waals surface area contributed by atoms with Gasteiger partial charge < -0.3 is 4.57 Å². The zero-order valence-corrected chi connectivity index (χ0v) is 9.10. The van der Waals surface area contributed by atoms with E-state index < -0.39 is 10.1 Å². The zero-order valence-electron chi connectivity index (χ0n) is 8.28. The van der Waals surface area contributed by atoms with Gasteiger partial charge >= 0.3 is 0 Å². The Balaban J connectivity index is 2.63. The summed E-state index contributed by atoms with van der Waals surface area (Å²) in [5.41, 5.74) is 0. The summed E-state index contributed by atoms with van der Waals surface area (Å²) in [6.45, 7) is 3.61. The molecule has 1 heterocycles. The molecule has 0 saturated carbocycles. The smallest absolute Gasteiger partial charge is 0.264 e. The first kappa shape index (κ1) is 11.9. The molecule has 1 unspecified atom stereocenters. The molecule has 84 valence electrons. The fraction of sp³-hybridized carbons (Fsp3) is 0.444. The van der Waals surface area contributed by atoms with Crippen molar-refractivity contribution in [3.63, 3.8) is 0 Å². The molecule has 1 aromatic rings. The maximum atomic E-state index is 10.6. The quantitative estimate of drug-likeness (QED) is 0.590. The third-order valence-corrected chi connectivity index (χ3v) is 2.85. The lowest BCUT2D eigenvalue weighted by molar-refractivity contribution is 0.454. The minimum absolute atomic E-state index is 0.0214. The highest BCUT2D eigenvalue weighted by atomic mass is 32.2. The second kappa shape index (κ2) is 5.09. The highest BCUT2D eigenvalue weighted by molar-refractivity contribution is 7.85. The molecule has 0 aliphatic heterocycles. The van der Waals surface area contributed by atoms with Gasteiger partial charge in [0.2, 0.25) is 0 Å².